The van der Waals surface area contributed by atoms with Crippen molar-refractivity contribution in [1.29, 1.82) is 0 Å². The van der Waals surface area contributed by atoms with E-state index in [4.69, 9.17) is 0 Å². The van der Waals surface area contributed by atoms with Crippen molar-refractivity contribution in [1.82, 2.24) is 10.3 Å². The first-order valence-electron chi connectivity index (χ1n) is 7.06. The third-order valence-corrected chi connectivity index (χ3v) is 4.15. The highest BCUT2D eigenvalue weighted by molar-refractivity contribution is 7.09. The first-order valence-corrected chi connectivity index (χ1v) is 7.94. The summed E-state index contributed by atoms with van der Waals surface area (Å²) in [6.45, 7) is 13.5. The van der Waals surface area contributed by atoms with Gasteiger partial charge in [0.2, 0.25) is 0 Å². The van der Waals surface area contributed by atoms with Gasteiger partial charge in [0, 0.05) is 17.1 Å². The second-order valence-corrected chi connectivity index (χ2v) is 7.06. The topological polar surface area (TPSA) is 24.9 Å². The van der Waals surface area contributed by atoms with Gasteiger partial charge in [-0.05, 0) is 38.5 Å². The van der Waals surface area contributed by atoms with Gasteiger partial charge in [-0.15, -0.1) is 11.3 Å². The normalized spacial score (nSPS) is 13.8. The average Bonchev–Trinajstić information content (AvgIpc) is 2.62. The summed E-state index contributed by atoms with van der Waals surface area (Å²) in [5.41, 5.74) is 1.13. The Bertz CT molecular complexity index is 334. The van der Waals surface area contributed by atoms with Crippen LogP contribution in [-0.2, 0) is 0 Å². The van der Waals surface area contributed by atoms with Crippen LogP contribution in [-0.4, -0.2) is 11.0 Å². The van der Waals surface area contributed by atoms with Crippen LogP contribution in [0.5, 0.6) is 0 Å². The lowest BCUT2D eigenvalue weighted by molar-refractivity contribution is 0.335. The summed E-state index contributed by atoms with van der Waals surface area (Å²) in [6.07, 6.45) is 2.49. The number of aromatic nitrogens is 1. The molecule has 3 heteroatoms. The van der Waals surface area contributed by atoms with Crippen molar-refractivity contribution in [3.8, 4) is 0 Å². The maximum atomic E-state index is 4.58. The van der Waals surface area contributed by atoms with Crippen molar-refractivity contribution in [3.63, 3.8) is 0 Å². The van der Waals surface area contributed by atoms with Crippen LogP contribution in [0.15, 0.2) is 5.38 Å². The SMILES string of the molecule is Cc1csc(C(C)NC(CC(C)C)CC(C)C)n1. The van der Waals surface area contributed by atoms with Crippen molar-refractivity contribution in [2.75, 3.05) is 0 Å². The summed E-state index contributed by atoms with van der Waals surface area (Å²) in [5, 5.41) is 7.10. The van der Waals surface area contributed by atoms with E-state index in [0.717, 1.165) is 17.5 Å². The van der Waals surface area contributed by atoms with Crippen molar-refractivity contribution >= 4 is 11.3 Å². The van der Waals surface area contributed by atoms with E-state index in [-0.39, 0.29) is 0 Å². The Hall–Kier alpha value is -0.410. The molecular weight excluding hydrogens is 240 g/mol. The molecule has 1 unspecified atom stereocenters. The molecule has 0 aromatic carbocycles. The van der Waals surface area contributed by atoms with E-state index >= 15 is 0 Å². The zero-order valence-corrected chi connectivity index (χ0v) is 13.5. The number of hydrogen-bond donors (Lipinski definition) is 1. The standard InChI is InChI=1S/C15H28N2S/c1-10(2)7-14(8-11(3)4)17-13(6)15-16-12(5)9-18-15/h9-11,13-14,17H,7-8H2,1-6H3. The smallest absolute Gasteiger partial charge is 0.110 e. The van der Waals surface area contributed by atoms with E-state index < -0.39 is 0 Å². The fourth-order valence-corrected chi connectivity index (χ4v) is 3.18. The van der Waals surface area contributed by atoms with Crippen molar-refractivity contribution in [2.45, 2.75) is 66.5 Å². The lowest BCUT2D eigenvalue weighted by atomic mass is 9.95. The molecule has 1 rings (SSSR count). The average molecular weight is 268 g/mol. The Morgan fingerprint density at radius 1 is 1.11 bits per heavy atom. The van der Waals surface area contributed by atoms with Gasteiger partial charge < -0.3 is 5.32 Å². The van der Waals surface area contributed by atoms with Gasteiger partial charge in [-0.2, -0.15) is 0 Å². The van der Waals surface area contributed by atoms with Gasteiger partial charge in [-0.25, -0.2) is 4.98 Å². The number of rotatable bonds is 7. The molecule has 0 bridgehead atoms. The van der Waals surface area contributed by atoms with Crippen LogP contribution in [0.1, 0.15) is 64.2 Å². The molecule has 0 saturated carbocycles. The zero-order chi connectivity index (χ0) is 13.7. The second-order valence-electron chi connectivity index (χ2n) is 6.17. The van der Waals surface area contributed by atoms with Crippen molar-refractivity contribution < 1.29 is 0 Å². The lowest BCUT2D eigenvalue weighted by Gasteiger charge is -2.25. The van der Waals surface area contributed by atoms with Crippen LogP contribution in [0.2, 0.25) is 0 Å². The largest absolute Gasteiger partial charge is 0.305 e. The fraction of sp³-hybridized carbons (Fsp3) is 0.800. The molecule has 1 N–H and O–H groups in total. The summed E-state index contributed by atoms with van der Waals surface area (Å²) in [5.74, 6) is 1.48. The monoisotopic (exact) mass is 268 g/mol. The summed E-state index contributed by atoms with van der Waals surface area (Å²) in [6, 6.07) is 0.968. The maximum absolute atomic E-state index is 4.58. The molecule has 1 aromatic rings. The number of hydrogen-bond acceptors (Lipinski definition) is 3. The molecule has 0 spiro atoms. The first-order chi connectivity index (χ1) is 8.38. The first kappa shape index (κ1) is 15.6. The molecule has 104 valence electrons. The van der Waals surface area contributed by atoms with E-state index in [2.05, 4.69) is 57.2 Å². The van der Waals surface area contributed by atoms with Crippen LogP contribution >= 0.6 is 11.3 Å². The summed E-state index contributed by atoms with van der Waals surface area (Å²) in [4.78, 5) is 4.58. The van der Waals surface area contributed by atoms with Gasteiger partial charge >= 0.3 is 0 Å². The van der Waals surface area contributed by atoms with Crippen molar-refractivity contribution in [3.05, 3.63) is 16.1 Å². The molecule has 18 heavy (non-hydrogen) atoms. The number of nitrogens with zero attached hydrogens (tertiary/aromatic N) is 1. The highest BCUT2D eigenvalue weighted by Gasteiger charge is 2.17. The molecule has 0 fully saturated rings. The minimum Gasteiger partial charge on any atom is -0.305 e. The summed E-state index contributed by atoms with van der Waals surface area (Å²) in [7, 11) is 0. The molecule has 0 amide bonds. The van der Waals surface area contributed by atoms with E-state index in [1.54, 1.807) is 11.3 Å². The maximum Gasteiger partial charge on any atom is 0.110 e. The minimum atomic E-state index is 0.367. The Balaban J connectivity index is 2.58. The minimum absolute atomic E-state index is 0.367. The van der Waals surface area contributed by atoms with Crippen LogP contribution < -0.4 is 5.32 Å². The highest BCUT2D eigenvalue weighted by Crippen LogP contribution is 2.21. The quantitative estimate of drug-likeness (QED) is 0.784. The van der Waals surface area contributed by atoms with Crippen LogP contribution in [0, 0.1) is 18.8 Å². The second kappa shape index (κ2) is 7.25. The molecule has 1 aromatic heterocycles. The molecule has 0 aliphatic carbocycles. The molecular formula is C15H28N2S. The third kappa shape index (κ3) is 5.49. The number of thiazole rings is 1. The predicted octanol–water partition coefficient (Wildman–Crippen LogP) is 4.56. The Morgan fingerprint density at radius 3 is 2.06 bits per heavy atom. The Labute approximate surface area is 116 Å². The molecule has 0 saturated heterocycles. The van der Waals surface area contributed by atoms with Crippen LogP contribution in [0.25, 0.3) is 0 Å². The molecule has 0 radical (unpaired) electrons. The Kier molecular flexibility index (Phi) is 6.30. The third-order valence-electron chi connectivity index (χ3n) is 3.00. The molecule has 0 aliphatic rings. The predicted molar refractivity (Wildman–Crippen MR) is 81.1 cm³/mol. The highest BCUT2D eigenvalue weighted by atomic mass is 32.1. The molecule has 1 atom stereocenters. The molecule has 2 nitrogen and oxygen atoms in total. The zero-order valence-electron chi connectivity index (χ0n) is 12.7. The van der Waals surface area contributed by atoms with Gasteiger partial charge in [-0.3, -0.25) is 0 Å². The Morgan fingerprint density at radius 2 is 1.67 bits per heavy atom. The van der Waals surface area contributed by atoms with Gasteiger partial charge in [0.1, 0.15) is 5.01 Å². The van der Waals surface area contributed by atoms with Gasteiger partial charge in [0.05, 0.1) is 6.04 Å². The van der Waals surface area contributed by atoms with E-state index in [0.29, 0.717) is 12.1 Å². The van der Waals surface area contributed by atoms with E-state index in [1.165, 1.54) is 17.8 Å². The lowest BCUT2D eigenvalue weighted by Crippen LogP contribution is -2.33. The van der Waals surface area contributed by atoms with Crippen molar-refractivity contribution in [2.24, 2.45) is 11.8 Å². The molecule has 1 heterocycles. The van der Waals surface area contributed by atoms with E-state index in [1.807, 2.05) is 0 Å². The number of nitrogens with one attached hydrogen (secondary N) is 1. The molecule has 0 aliphatic heterocycles. The number of aryl methyl sites for hydroxylation is 1. The van der Waals surface area contributed by atoms with E-state index in [9.17, 15) is 0 Å². The van der Waals surface area contributed by atoms with Gasteiger partial charge in [0.25, 0.3) is 0 Å². The fourth-order valence-electron chi connectivity index (χ4n) is 2.37. The summed E-state index contributed by atoms with van der Waals surface area (Å²) < 4.78 is 0. The van der Waals surface area contributed by atoms with Gasteiger partial charge in [0.15, 0.2) is 0 Å². The van der Waals surface area contributed by atoms with Crippen LogP contribution in [0.4, 0.5) is 0 Å². The summed E-state index contributed by atoms with van der Waals surface area (Å²) >= 11 is 1.76. The van der Waals surface area contributed by atoms with Crippen LogP contribution in [0.3, 0.4) is 0 Å². The van der Waals surface area contributed by atoms with Gasteiger partial charge in [-0.1, -0.05) is 27.7 Å².